The number of amides is 2. The van der Waals surface area contributed by atoms with Crippen molar-refractivity contribution in [1.82, 2.24) is 10.2 Å². The largest absolute Gasteiger partial charge is 0.444 e. The van der Waals surface area contributed by atoms with Crippen molar-refractivity contribution in [3.8, 4) is 0 Å². The third-order valence-electron chi connectivity index (χ3n) is 4.52. The first-order valence-corrected chi connectivity index (χ1v) is 8.40. The van der Waals surface area contributed by atoms with Gasteiger partial charge >= 0.3 is 6.09 Å². The summed E-state index contributed by atoms with van der Waals surface area (Å²) in [6, 6.07) is 0. The van der Waals surface area contributed by atoms with Gasteiger partial charge in [0.05, 0.1) is 0 Å². The van der Waals surface area contributed by atoms with Gasteiger partial charge in [-0.3, -0.25) is 4.79 Å². The van der Waals surface area contributed by atoms with Gasteiger partial charge in [-0.05, 0) is 52.4 Å². The molecule has 22 heavy (non-hydrogen) atoms. The van der Waals surface area contributed by atoms with E-state index in [4.69, 9.17) is 4.74 Å². The molecule has 126 valence electrons. The molecular weight excluding hydrogens is 280 g/mol. The maximum Gasteiger partial charge on any atom is 0.410 e. The fourth-order valence-electron chi connectivity index (χ4n) is 3.51. The van der Waals surface area contributed by atoms with Crippen LogP contribution >= 0.6 is 0 Å². The number of nitrogens with zero attached hydrogens (tertiary/aromatic N) is 1. The fraction of sp³-hybridized carbons (Fsp3) is 0.882. The van der Waals surface area contributed by atoms with Crippen LogP contribution in [0.3, 0.4) is 0 Å². The third kappa shape index (κ3) is 4.14. The van der Waals surface area contributed by atoms with Crippen LogP contribution in [0.5, 0.6) is 0 Å². The smallest absolute Gasteiger partial charge is 0.410 e. The van der Waals surface area contributed by atoms with Crippen molar-refractivity contribution in [2.75, 3.05) is 13.1 Å². The van der Waals surface area contributed by atoms with Gasteiger partial charge in [-0.1, -0.05) is 13.8 Å². The average Bonchev–Trinajstić information content (AvgIpc) is 2.63. The van der Waals surface area contributed by atoms with E-state index in [1.54, 1.807) is 4.90 Å². The Morgan fingerprint density at radius 1 is 1.36 bits per heavy atom. The van der Waals surface area contributed by atoms with E-state index in [-0.39, 0.29) is 23.5 Å². The van der Waals surface area contributed by atoms with Gasteiger partial charge in [0, 0.05) is 24.5 Å². The number of ether oxygens (including phenoxy) is 1. The van der Waals surface area contributed by atoms with E-state index in [9.17, 15) is 9.59 Å². The minimum absolute atomic E-state index is 0.102. The van der Waals surface area contributed by atoms with E-state index in [1.807, 2.05) is 20.8 Å². The van der Waals surface area contributed by atoms with Crippen molar-refractivity contribution in [2.24, 2.45) is 11.8 Å². The first kappa shape index (κ1) is 17.1. The van der Waals surface area contributed by atoms with Crippen molar-refractivity contribution in [3.63, 3.8) is 0 Å². The van der Waals surface area contributed by atoms with Gasteiger partial charge in [-0.15, -0.1) is 0 Å². The van der Waals surface area contributed by atoms with E-state index in [0.717, 1.165) is 25.7 Å². The van der Waals surface area contributed by atoms with Crippen LogP contribution in [0.15, 0.2) is 0 Å². The molecule has 2 heterocycles. The molecule has 0 aromatic rings. The molecule has 5 nitrogen and oxygen atoms in total. The van der Waals surface area contributed by atoms with E-state index < -0.39 is 5.60 Å². The highest BCUT2D eigenvalue weighted by molar-refractivity contribution is 5.82. The van der Waals surface area contributed by atoms with Crippen LogP contribution < -0.4 is 5.32 Å². The van der Waals surface area contributed by atoms with Gasteiger partial charge in [-0.25, -0.2) is 4.79 Å². The van der Waals surface area contributed by atoms with Crippen molar-refractivity contribution in [1.29, 1.82) is 0 Å². The van der Waals surface area contributed by atoms with Crippen LogP contribution in [0.4, 0.5) is 4.79 Å². The highest BCUT2D eigenvalue weighted by Crippen LogP contribution is 2.37. The Morgan fingerprint density at radius 2 is 1.95 bits per heavy atom. The minimum atomic E-state index is -0.462. The molecule has 1 unspecified atom stereocenters. The lowest BCUT2D eigenvalue weighted by molar-refractivity contribution is -0.123. The predicted molar refractivity (Wildman–Crippen MR) is 85.5 cm³/mol. The molecule has 0 bridgehead atoms. The molecule has 2 rings (SSSR count). The molecule has 1 atom stereocenters. The van der Waals surface area contributed by atoms with Crippen molar-refractivity contribution < 1.29 is 14.3 Å². The predicted octanol–water partition coefficient (Wildman–Crippen LogP) is 2.94. The van der Waals surface area contributed by atoms with Crippen molar-refractivity contribution in [2.45, 2.75) is 71.4 Å². The monoisotopic (exact) mass is 310 g/mol. The maximum absolute atomic E-state index is 12.2. The summed E-state index contributed by atoms with van der Waals surface area (Å²) >= 11 is 0. The fourth-order valence-corrected chi connectivity index (χ4v) is 3.51. The summed E-state index contributed by atoms with van der Waals surface area (Å²) in [6.07, 6.45) is 3.26. The summed E-state index contributed by atoms with van der Waals surface area (Å²) in [5.41, 5.74) is -0.564. The van der Waals surface area contributed by atoms with Crippen LogP contribution in [0.25, 0.3) is 0 Å². The molecule has 0 saturated carbocycles. The average molecular weight is 310 g/mol. The number of piperidine rings is 1. The zero-order valence-electron chi connectivity index (χ0n) is 14.6. The Morgan fingerprint density at radius 3 is 2.45 bits per heavy atom. The summed E-state index contributed by atoms with van der Waals surface area (Å²) in [6.45, 7) is 11.3. The molecule has 1 N–H and O–H groups in total. The molecule has 2 amide bonds. The standard InChI is InChI=1S/C17H30N2O3/c1-12(2)10-13-11-17(18-14(13)20)6-8-19(9-7-17)15(21)22-16(3,4)5/h12-13H,6-11H2,1-5H3,(H,18,20). The third-order valence-corrected chi connectivity index (χ3v) is 4.52. The summed E-state index contributed by atoms with van der Waals surface area (Å²) in [4.78, 5) is 26.0. The molecule has 0 radical (unpaired) electrons. The van der Waals surface area contributed by atoms with Crippen LogP contribution in [0.2, 0.25) is 0 Å². The molecule has 2 fully saturated rings. The molecular formula is C17H30N2O3. The molecule has 2 saturated heterocycles. The van der Waals surface area contributed by atoms with Gasteiger partial charge in [0.25, 0.3) is 0 Å². The summed E-state index contributed by atoms with van der Waals surface area (Å²) in [5, 5.41) is 3.21. The highest BCUT2D eigenvalue weighted by Gasteiger charge is 2.46. The van der Waals surface area contributed by atoms with Gasteiger partial charge in [0.15, 0.2) is 0 Å². The Balaban J connectivity index is 1.89. The molecule has 5 heteroatoms. The number of nitrogens with one attached hydrogen (secondary N) is 1. The van der Waals surface area contributed by atoms with Gasteiger partial charge < -0.3 is 15.0 Å². The number of hydrogen-bond donors (Lipinski definition) is 1. The van der Waals surface area contributed by atoms with Crippen LogP contribution in [0.1, 0.15) is 60.3 Å². The van der Waals surface area contributed by atoms with Gasteiger partial charge in [0.2, 0.25) is 5.91 Å². The lowest BCUT2D eigenvalue weighted by Crippen LogP contribution is -2.52. The first-order valence-electron chi connectivity index (χ1n) is 8.40. The zero-order chi connectivity index (χ0) is 16.5. The van der Waals surface area contributed by atoms with E-state index in [1.165, 1.54) is 0 Å². The lowest BCUT2D eigenvalue weighted by atomic mass is 9.82. The molecule has 0 aromatic carbocycles. The summed E-state index contributed by atoms with van der Waals surface area (Å²) in [7, 11) is 0. The Kier molecular flexibility index (Phi) is 4.73. The van der Waals surface area contributed by atoms with E-state index in [2.05, 4.69) is 19.2 Å². The van der Waals surface area contributed by atoms with Crippen LogP contribution in [-0.2, 0) is 9.53 Å². The molecule has 0 aromatic heterocycles. The van der Waals surface area contributed by atoms with E-state index in [0.29, 0.717) is 19.0 Å². The number of carbonyl (C=O) groups excluding carboxylic acids is 2. The normalized spacial score (nSPS) is 24.7. The molecule has 2 aliphatic heterocycles. The Bertz CT molecular complexity index is 432. The lowest BCUT2D eigenvalue weighted by Gasteiger charge is -2.39. The van der Waals surface area contributed by atoms with Gasteiger partial charge in [-0.2, -0.15) is 0 Å². The molecule has 2 aliphatic rings. The Hall–Kier alpha value is -1.26. The van der Waals surface area contributed by atoms with Crippen molar-refractivity contribution >= 4 is 12.0 Å². The Labute approximate surface area is 133 Å². The van der Waals surface area contributed by atoms with Crippen LogP contribution in [0, 0.1) is 11.8 Å². The second kappa shape index (κ2) is 6.09. The molecule has 1 spiro atoms. The number of rotatable bonds is 2. The first-order chi connectivity index (χ1) is 10.1. The minimum Gasteiger partial charge on any atom is -0.444 e. The zero-order valence-corrected chi connectivity index (χ0v) is 14.6. The second-order valence-electron chi connectivity index (χ2n) is 8.27. The maximum atomic E-state index is 12.2. The van der Waals surface area contributed by atoms with E-state index >= 15 is 0 Å². The number of carbonyl (C=O) groups is 2. The topological polar surface area (TPSA) is 58.6 Å². The summed E-state index contributed by atoms with van der Waals surface area (Å²) < 4.78 is 5.42. The quantitative estimate of drug-likeness (QED) is 0.853. The second-order valence-corrected chi connectivity index (χ2v) is 8.27. The summed E-state index contributed by atoms with van der Waals surface area (Å²) in [5.74, 6) is 0.861. The number of likely N-dealkylation sites (tertiary alicyclic amines) is 1. The van der Waals surface area contributed by atoms with Crippen molar-refractivity contribution in [3.05, 3.63) is 0 Å². The SMILES string of the molecule is CC(C)CC1CC2(CCN(C(=O)OC(C)(C)C)CC2)NC1=O. The van der Waals surface area contributed by atoms with Crippen LogP contribution in [-0.4, -0.2) is 41.1 Å². The van der Waals surface area contributed by atoms with Gasteiger partial charge in [0.1, 0.15) is 5.60 Å². The number of hydrogen-bond acceptors (Lipinski definition) is 3. The highest BCUT2D eigenvalue weighted by atomic mass is 16.6. The molecule has 0 aliphatic carbocycles.